The number of allylic oxidation sites excluding steroid dienone is 14. The smallest absolute Gasteiger partial charge is 0.306 e. The molecule has 0 saturated heterocycles. The lowest BCUT2D eigenvalue weighted by atomic mass is 10.1. The van der Waals surface area contributed by atoms with E-state index < -0.39 is 6.10 Å². The Hall–Kier alpha value is -3.41. The predicted octanol–water partition coefficient (Wildman–Crippen LogP) is 16.4. The summed E-state index contributed by atoms with van der Waals surface area (Å²) >= 11 is 0. The van der Waals surface area contributed by atoms with E-state index in [9.17, 15) is 14.4 Å². The number of rotatable bonds is 44. The SMILES string of the molecule is CC/C=C\C/C=C\C/C=C\C/C=C\C/C=C\C/C=C\CCCCCCCCCCC(=O)OCC(COC(=O)CCCCCCC)OC(=O)CCCCCCC/C=C\CCCC. The van der Waals surface area contributed by atoms with Gasteiger partial charge >= 0.3 is 17.9 Å². The molecular weight excluding hydrogens is 757 g/mol. The maximum atomic E-state index is 12.7. The molecule has 0 aromatic heterocycles. The number of esters is 3. The zero-order valence-electron chi connectivity index (χ0n) is 39.7. The van der Waals surface area contributed by atoms with Crippen molar-refractivity contribution in [2.45, 2.75) is 232 Å². The van der Waals surface area contributed by atoms with Crippen LogP contribution in [-0.4, -0.2) is 37.2 Å². The average molecular weight is 849 g/mol. The second-order valence-electron chi connectivity index (χ2n) is 16.3. The molecule has 0 aliphatic heterocycles. The van der Waals surface area contributed by atoms with Gasteiger partial charge in [0.2, 0.25) is 0 Å². The third kappa shape index (κ3) is 47.5. The summed E-state index contributed by atoms with van der Waals surface area (Å²) in [5.41, 5.74) is 0. The Morgan fingerprint density at radius 2 is 0.656 bits per heavy atom. The molecule has 0 radical (unpaired) electrons. The van der Waals surface area contributed by atoms with Crippen LogP contribution < -0.4 is 0 Å². The summed E-state index contributed by atoms with van der Waals surface area (Å²) in [7, 11) is 0. The summed E-state index contributed by atoms with van der Waals surface area (Å²) < 4.78 is 16.6. The van der Waals surface area contributed by atoms with Gasteiger partial charge in [-0.2, -0.15) is 0 Å². The molecule has 0 saturated carbocycles. The first kappa shape index (κ1) is 57.6. The van der Waals surface area contributed by atoms with E-state index >= 15 is 0 Å². The summed E-state index contributed by atoms with van der Waals surface area (Å²) in [6.45, 7) is 6.37. The Balaban J connectivity index is 4.10. The van der Waals surface area contributed by atoms with Crippen molar-refractivity contribution in [3.05, 3.63) is 85.1 Å². The van der Waals surface area contributed by atoms with Crippen LogP contribution >= 0.6 is 0 Å². The first-order chi connectivity index (χ1) is 30.0. The monoisotopic (exact) mass is 849 g/mol. The number of unbranched alkanes of at least 4 members (excludes halogenated alkanes) is 19. The second-order valence-corrected chi connectivity index (χ2v) is 16.3. The molecule has 0 heterocycles. The molecular formula is C55H92O6. The number of carbonyl (C=O) groups is 3. The van der Waals surface area contributed by atoms with Gasteiger partial charge in [-0.1, -0.05) is 202 Å². The Bertz CT molecular complexity index is 1200. The van der Waals surface area contributed by atoms with Crippen LogP contribution in [-0.2, 0) is 28.6 Å². The molecule has 1 atom stereocenters. The fourth-order valence-electron chi connectivity index (χ4n) is 6.60. The van der Waals surface area contributed by atoms with Crippen LogP contribution in [0.1, 0.15) is 226 Å². The maximum absolute atomic E-state index is 12.7. The maximum Gasteiger partial charge on any atom is 0.306 e. The van der Waals surface area contributed by atoms with Crippen molar-refractivity contribution in [1.29, 1.82) is 0 Å². The zero-order chi connectivity index (χ0) is 44.4. The van der Waals surface area contributed by atoms with Crippen LogP contribution in [0, 0.1) is 0 Å². The highest BCUT2D eigenvalue weighted by atomic mass is 16.6. The summed E-state index contributed by atoms with van der Waals surface area (Å²) in [5.74, 6) is -0.920. The van der Waals surface area contributed by atoms with Crippen LogP contribution in [0.3, 0.4) is 0 Å². The third-order valence-electron chi connectivity index (χ3n) is 10.4. The van der Waals surface area contributed by atoms with Gasteiger partial charge in [0.15, 0.2) is 6.10 Å². The highest BCUT2D eigenvalue weighted by molar-refractivity contribution is 5.71. The summed E-state index contributed by atoms with van der Waals surface area (Å²) in [5, 5.41) is 0. The van der Waals surface area contributed by atoms with E-state index in [0.717, 1.165) is 122 Å². The van der Waals surface area contributed by atoms with Crippen LogP contribution in [0.5, 0.6) is 0 Å². The molecule has 0 N–H and O–H groups in total. The van der Waals surface area contributed by atoms with Crippen molar-refractivity contribution >= 4 is 17.9 Å². The van der Waals surface area contributed by atoms with Crippen LogP contribution in [0.4, 0.5) is 0 Å². The van der Waals surface area contributed by atoms with Gasteiger partial charge in [0, 0.05) is 19.3 Å². The van der Waals surface area contributed by atoms with Crippen molar-refractivity contribution in [3.8, 4) is 0 Å². The van der Waals surface area contributed by atoms with E-state index in [1.165, 1.54) is 64.2 Å². The molecule has 0 fully saturated rings. The first-order valence-electron chi connectivity index (χ1n) is 25.1. The molecule has 0 aromatic rings. The van der Waals surface area contributed by atoms with Gasteiger partial charge in [0.1, 0.15) is 13.2 Å². The molecule has 348 valence electrons. The van der Waals surface area contributed by atoms with Gasteiger partial charge < -0.3 is 14.2 Å². The second kappa shape index (κ2) is 49.2. The quantitative estimate of drug-likeness (QED) is 0.0263. The fraction of sp³-hybridized carbons (Fsp3) is 0.691. The number of hydrogen-bond donors (Lipinski definition) is 0. The van der Waals surface area contributed by atoms with E-state index in [-0.39, 0.29) is 31.1 Å². The molecule has 0 spiro atoms. The Morgan fingerprint density at radius 3 is 1.07 bits per heavy atom. The summed E-state index contributed by atoms with van der Waals surface area (Å²) in [4.78, 5) is 37.5. The molecule has 0 aliphatic carbocycles. The predicted molar refractivity (Wildman–Crippen MR) is 261 cm³/mol. The molecule has 61 heavy (non-hydrogen) atoms. The topological polar surface area (TPSA) is 78.9 Å². The van der Waals surface area contributed by atoms with Crippen LogP contribution in [0.15, 0.2) is 85.1 Å². The van der Waals surface area contributed by atoms with Gasteiger partial charge in [-0.25, -0.2) is 0 Å². The van der Waals surface area contributed by atoms with E-state index in [4.69, 9.17) is 14.2 Å². The van der Waals surface area contributed by atoms with Gasteiger partial charge in [-0.05, 0) is 89.9 Å². The normalized spacial score (nSPS) is 12.8. The number of ether oxygens (including phenoxy) is 3. The molecule has 6 nitrogen and oxygen atoms in total. The number of hydrogen-bond acceptors (Lipinski definition) is 6. The third-order valence-corrected chi connectivity index (χ3v) is 10.4. The minimum Gasteiger partial charge on any atom is -0.462 e. The summed E-state index contributed by atoms with van der Waals surface area (Å²) in [6, 6.07) is 0. The average Bonchev–Trinajstić information content (AvgIpc) is 3.26. The highest BCUT2D eigenvalue weighted by Crippen LogP contribution is 2.13. The lowest BCUT2D eigenvalue weighted by Crippen LogP contribution is -2.30. The Kier molecular flexibility index (Phi) is 46.5. The Labute approximate surface area is 375 Å². The van der Waals surface area contributed by atoms with E-state index in [1.54, 1.807) is 0 Å². The van der Waals surface area contributed by atoms with Crippen LogP contribution in [0.2, 0.25) is 0 Å². The van der Waals surface area contributed by atoms with Gasteiger partial charge in [0.25, 0.3) is 0 Å². The van der Waals surface area contributed by atoms with Gasteiger partial charge in [0.05, 0.1) is 0 Å². The van der Waals surface area contributed by atoms with Crippen molar-refractivity contribution in [2.24, 2.45) is 0 Å². The first-order valence-corrected chi connectivity index (χ1v) is 25.1. The van der Waals surface area contributed by atoms with Crippen molar-refractivity contribution in [3.63, 3.8) is 0 Å². The molecule has 1 unspecified atom stereocenters. The van der Waals surface area contributed by atoms with Crippen molar-refractivity contribution < 1.29 is 28.6 Å². The van der Waals surface area contributed by atoms with E-state index in [1.807, 2.05) is 0 Å². The minimum atomic E-state index is -0.778. The highest BCUT2D eigenvalue weighted by Gasteiger charge is 2.19. The molecule has 0 amide bonds. The van der Waals surface area contributed by atoms with E-state index in [2.05, 4.69) is 106 Å². The van der Waals surface area contributed by atoms with E-state index in [0.29, 0.717) is 19.3 Å². The molecule has 6 heteroatoms. The minimum absolute atomic E-state index is 0.0834. The zero-order valence-corrected chi connectivity index (χ0v) is 39.7. The largest absolute Gasteiger partial charge is 0.462 e. The van der Waals surface area contributed by atoms with Gasteiger partial charge in [-0.15, -0.1) is 0 Å². The summed E-state index contributed by atoms with van der Waals surface area (Å²) in [6.07, 6.45) is 63.2. The number of carbonyl (C=O) groups excluding carboxylic acids is 3. The van der Waals surface area contributed by atoms with Crippen LogP contribution in [0.25, 0.3) is 0 Å². The Morgan fingerprint density at radius 1 is 0.344 bits per heavy atom. The molecule has 0 rings (SSSR count). The molecule has 0 bridgehead atoms. The lowest BCUT2D eigenvalue weighted by Gasteiger charge is -2.18. The fourth-order valence-corrected chi connectivity index (χ4v) is 6.60. The molecule has 0 aromatic carbocycles. The van der Waals surface area contributed by atoms with Crippen molar-refractivity contribution in [2.75, 3.05) is 13.2 Å². The van der Waals surface area contributed by atoms with Gasteiger partial charge in [-0.3, -0.25) is 14.4 Å². The molecule has 0 aliphatic rings. The van der Waals surface area contributed by atoms with Crippen molar-refractivity contribution in [1.82, 2.24) is 0 Å². The standard InChI is InChI=1S/C55H92O6/c1-4-7-10-13-15-17-19-20-21-22-23-24-25-26-27-28-29-30-31-32-33-34-36-37-39-42-45-48-54(57)60-51-52(50-59-53(56)47-44-41-12-9-6-3)61-55(58)49-46-43-40-38-35-18-16-14-11-8-5-2/h7,10,14-17,20-21,23-24,26-27,29-30,52H,4-6,8-9,11-13,18-19,22,25,28,31-51H2,1-3H3/b10-7-,16-14-,17-15-,21-20-,24-23-,27-26-,30-29-. The lowest BCUT2D eigenvalue weighted by molar-refractivity contribution is -0.167.